The van der Waals surface area contributed by atoms with Crippen molar-refractivity contribution < 1.29 is 9.21 Å². The molecule has 3 aromatic rings. The highest BCUT2D eigenvalue weighted by molar-refractivity contribution is 5.94. The maximum atomic E-state index is 12.7. The number of benzene rings is 2. The van der Waals surface area contributed by atoms with Crippen LogP contribution in [0.15, 0.2) is 46.9 Å². The molecule has 0 radical (unpaired) electrons. The number of amides is 1. The van der Waals surface area contributed by atoms with E-state index in [1.165, 1.54) is 37.7 Å². The second-order valence-corrected chi connectivity index (χ2v) is 10.1. The molecule has 0 bridgehead atoms. The molecular weight excluding hydrogens is 436 g/mol. The van der Waals surface area contributed by atoms with E-state index in [0.29, 0.717) is 5.89 Å². The van der Waals surface area contributed by atoms with Crippen LogP contribution in [0.25, 0.3) is 22.2 Å². The lowest BCUT2D eigenvalue weighted by molar-refractivity contribution is -0.126. The molecule has 6 nitrogen and oxygen atoms in total. The maximum Gasteiger partial charge on any atom is 0.227 e. The molecule has 0 aliphatic carbocycles. The Labute approximate surface area is 208 Å². The van der Waals surface area contributed by atoms with Gasteiger partial charge in [-0.05, 0) is 88.6 Å². The number of aromatic nitrogens is 1. The van der Waals surface area contributed by atoms with Crippen molar-refractivity contribution >= 4 is 16.7 Å². The van der Waals surface area contributed by atoms with Gasteiger partial charge in [0.25, 0.3) is 0 Å². The van der Waals surface area contributed by atoms with E-state index in [9.17, 15) is 4.79 Å². The van der Waals surface area contributed by atoms with E-state index >= 15 is 0 Å². The summed E-state index contributed by atoms with van der Waals surface area (Å²) in [5, 5.41) is 5.54. The molecular formula is C29H38N4O2. The summed E-state index contributed by atoms with van der Waals surface area (Å²) in [5.74, 6) is 1.93. The van der Waals surface area contributed by atoms with Crippen molar-refractivity contribution in [2.75, 3.05) is 39.3 Å². The van der Waals surface area contributed by atoms with E-state index in [2.05, 4.69) is 57.6 Å². The molecule has 6 heteroatoms. The Kier molecular flexibility index (Phi) is 7.79. The molecule has 0 spiro atoms. The number of piperidine rings is 2. The first kappa shape index (κ1) is 24.0. The molecule has 2 aromatic carbocycles. The van der Waals surface area contributed by atoms with E-state index in [1.807, 2.05) is 6.92 Å². The quantitative estimate of drug-likeness (QED) is 0.465. The van der Waals surface area contributed by atoms with Crippen molar-refractivity contribution in [3.8, 4) is 11.5 Å². The van der Waals surface area contributed by atoms with Gasteiger partial charge < -0.3 is 14.6 Å². The summed E-state index contributed by atoms with van der Waals surface area (Å²) >= 11 is 0. The molecule has 2 aliphatic rings. The minimum atomic E-state index is 0.130. The Bertz CT molecular complexity index is 1120. The molecule has 2 saturated heterocycles. The fourth-order valence-corrected chi connectivity index (χ4v) is 5.51. The summed E-state index contributed by atoms with van der Waals surface area (Å²) < 4.78 is 6.10. The molecule has 186 valence electrons. The van der Waals surface area contributed by atoms with Crippen LogP contribution >= 0.6 is 0 Å². The van der Waals surface area contributed by atoms with Gasteiger partial charge >= 0.3 is 0 Å². The summed E-state index contributed by atoms with van der Waals surface area (Å²) in [6, 6.07) is 14.6. The first-order chi connectivity index (χ1) is 17.2. The SMILES string of the molecule is Cc1oc(-c2cccc3ccccc23)nc1CN1CCC(C(=O)NCCCN2CCCCC2)CC1. The van der Waals surface area contributed by atoms with Crippen LogP contribution in [0.3, 0.4) is 0 Å². The Morgan fingerprint density at radius 1 is 1.00 bits per heavy atom. The monoisotopic (exact) mass is 474 g/mol. The van der Waals surface area contributed by atoms with Gasteiger partial charge in [-0.3, -0.25) is 9.69 Å². The lowest BCUT2D eigenvalue weighted by Crippen LogP contribution is -2.41. The minimum Gasteiger partial charge on any atom is -0.441 e. The van der Waals surface area contributed by atoms with Crippen LogP contribution in [-0.4, -0.2) is 60.0 Å². The van der Waals surface area contributed by atoms with E-state index < -0.39 is 0 Å². The molecule has 0 atom stereocenters. The fraction of sp³-hybridized carbons (Fsp3) is 0.517. The zero-order chi connectivity index (χ0) is 24.0. The first-order valence-corrected chi connectivity index (χ1v) is 13.3. The molecule has 35 heavy (non-hydrogen) atoms. The highest BCUT2D eigenvalue weighted by Gasteiger charge is 2.26. The Hall–Kier alpha value is -2.70. The third-order valence-corrected chi connectivity index (χ3v) is 7.64. The molecule has 0 unspecified atom stereocenters. The summed E-state index contributed by atoms with van der Waals surface area (Å²) in [6.45, 7) is 8.96. The number of hydrogen-bond acceptors (Lipinski definition) is 5. The van der Waals surface area contributed by atoms with Gasteiger partial charge in [0, 0.05) is 24.6 Å². The number of likely N-dealkylation sites (tertiary alicyclic amines) is 2. The highest BCUT2D eigenvalue weighted by atomic mass is 16.4. The van der Waals surface area contributed by atoms with Crippen molar-refractivity contribution in [2.45, 2.75) is 52.0 Å². The summed E-state index contributed by atoms with van der Waals surface area (Å²) in [6.07, 6.45) is 6.88. The van der Waals surface area contributed by atoms with E-state index in [4.69, 9.17) is 9.40 Å². The lowest BCUT2D eigenvalue weighted by Gasteiger charge is -2.31. The summed E-state index contributed by atoms with van der Waals surface area (Å²) in [4.78, 5) is 22.5. The number of hydrogen-bond donors (Lipinski definition) is 1. The van der Waals surface area contributed by atoms with Crippen molar-refractivity contribution in [3.05, 3.63) is 53.9 Å². The van der Waals surface area contributed by atoms with Crippen molar-refractivity contribution in [1.82, 2.24) is 20.1 Å². The topological polar surface area (TPSA) is 61.6 Å². The van der Waals surface area contributed by atoms with Gasteiger partial charge in [-0.2, -0.15) is 0 Å². The standard InChI is InChI=1S/C29H38N4O2/c1-22-27(31-29(35-22)26-12-7-10-23-9-3-4-11-25(23)26)21-33-19-13-24(14-20-33)28(34)30-15-8-18-32-16-5-2-6-17-32/h3-4,7,9-12,24H,2,5-6,8,13-21H2,1H3,(H,30,34). The van der Waals surface area contributed by atoms with Crippen LogP contribution in [-0.2, 0) is 11.3 Å². The first-order valence-electron chi connectivity index (χ1n) is 13.3. The third kappa shape index (κ3) is 5.93. The lowest BCUT2D eigenvalue weighted by atomic mass is 9.95. The second kappa shape index (κ2) is 11.4. The van der Waals surface area contributed by atoms with Crippen molar-refractivity contribution in [1.29, 1.82) is 0 Å². The molecule has 1 amide bonds. The normalized spacial score (nSPS) is 18.2. The number of rotatable bonds is 8. The molecule has 2 aliphatic heterocycles. The fourth-order valence-electron chi connectivity index (χ4n) is 5.51. The number of nitrogens with zero attached hydrogens (tertiary/aromatic N) is 3. The van der Waals surface area contributed by atoms with Crippen molar-refractivity contribution in [3.63, 3.8) is 0 Å². The molecule has 0 saturated carbocycles. The van der Waals surface area contributed by atoms with Gasteiger partial charge in [0.15, 0.2) is 0 Å². The van der Waals surface area contributed by atoms with Gasteiger partial charge in [-0.15, -0.1) is 0 Å². The second-order valence-electron chi connectivity index (χ2n) is 10.1. The molecule has 3 heterocycles. The van der Waals surface area contributed by atoms with Crippen LogP contribution in [0.5, 0.6) is 0 Å². The summed E-state index contributed by atoms with van der Waals surface area (Å²) in [7, 11) is 0. The zero-order valence-corrected chi connectivity index (χ0v) is 21.0. The smallest absolute Gasteiger partial charge is 0.227 e. The molecule has 5 rings (SSSR count). The molecule has 2 fully saturated rings. The Morgan fingerprint density at radius 2 is 1.77 bits per heavy atom. The largest absolute Gasteiger partial charge is 0.441 e. The molecule has 1 N–H and O–H groups in total. The number of oxazole rings is 1. The highest BCUT2D eigenvalue weighted by Crippen LogP contribution is 2.30. The van der Waals surface area contributed by atoms with E-state index in [-0.39, 0.29) is 11.8 Å². The number of carbonyl (C=O) groups is 1. The van der Waals surface area contributed by atoms with Gasteiger partial charge in [0.05, 0.1) is 5.69 Å². The number of aryl methyl sites for hydroxylation is 1. The van der Waals surface area contributed by atoms with Crippen LogP contribution in [0.4, 0.5) is 0 Å². The maximum absolute atomic E-state index is 12.7. The van der Waals surface area contributed by atoms with Crippen LogP contribution in [0.2, 0.25) is 0 Å². The van der Waals surface area contributed by atoms with E-state index in [0.717, 1.165) is 74.4 Å². The van der Waals surface area contributed by atoms with E-state index in [1.54, 1.807) is 0 Å². The predicted molar refractivity (Wildman–Crippen MR) is 140 cm³/mol. The van der Waals surface area contributed by atoms with Gasteiger partial charge in [-0.25, -0.2) is 4.98 Å². The summed E-state index contributed by atoms with van der Waals surface area (Å²) in [5.41, 5.74) is 2.03. The number of carbonyl (C=O) groups excluding carboxylic acids is 1. The van der Waals surface area contributed by atoms with Gasteiger partial charge in [0.2, 0.25) is 11.8 Å². The number of fused-ring (bicyclic) bond motifs is 1. The van der Waals surface area contributed by atoms with Crippen LogP contribution < -0.4 is 5.32 Å². The average Bonchev–Trinajstić information content (AvgIpc) is 3.26. The molecule has 1 aromatic heterocycles. The van der Waals surface area contributed by atoms with Crippen LogP contribution in [0.1, 0.15) is 50.0 Å². The third-order valence-electron chi connectivity index (χ3n) is 7.64. The van der Waals surface area contributed by atoms with Gasteiger partial charge in [-0.1, -0.05) is 42.8 Å². The van der Waals surface area contributed by atoms with Crippen molar-refractivity contribution in [2.24, 2.45) is 5.92 Å². The Morgan fingerprint density at radius 3 is 2.60 bits per heavy atom. The number of nitrogens with one attached hydrogen (secondary N) is 1. The Balaban J connectivity index is 1.10. The van der Waals surface area contributed by atoms with Crippen LogP contribution in [0, 0.1) is 12.8 Å². The minimum absolute atomic E-state index is 0.130. The van der Waals surface area contributed by atoms with Gasteiger partial charge in [0.1, 0.15) is 5.76 Å². The predicted octanol–water partition coefficient (Wildman–Crippen LogP) is 5.01. The average molecular weight is 475 g/mol. The zero-order valence-electron chi connectivity index (χ0n) is 21.0.